The van der Waals surface area contributed by atoms with E-state index in [1.165, 1.54) is 18.4 Å². The predicted molar refractivity (Wildman–Crippen MR) is 90.8 cm³/mol. The van der Waals surface area contributed by atoms with Gasteiger partial charge in [-0.2, -0.15) is 0 Å². The van der Waals surface area contributed by atoms with Crippen LogP contribution in [0, 0.1) is 0 Å². The molecule has 2 aromatic heterocycles. The van der Waals surface area contributed by atoms with E-state index >= 15 is 0 Å². The second-order valence-electron chi connectivity index (χ2n) is 5.50. The Morgan fingerprint density at radius 1 is 1.38 bits per heavy atom. The highest BCUT2D eigenvalue weighted by Crippen LogP contribution is 2.22. The van der Waals surface area contributed by atoms with Crippen molar-refractivity contribution in [1.29, 1.82) is 0 Å². The molecule has 0 unspecified atom stereocenters. The van der Waals surface area contributed by atoms with Gasteiger partial charge < -0.3 is 4.98 Å². The van der Waals surface area contributed by atoms with Gasteiger partial charge >= 0.3 is 0 Å². The van der Waals surface area contributed by atoms with E-state index in [0.717, 1.165) is 6.42 Å². The standard InChI is InChI=1S/C15H18N6O2S/c1-4-5-8-21-10-14(18-19-21)15-16-12-7-6-11(9-13(12)17-15)24(22,23)20(2)3/h4,6-7,9-10H,1,5,8H2,2-3H3,(H,16,17). The number of nitrogens with one attached hydrogen (secondary N) is 1. The minimum Gasteiger partial charge on any atom is -0.336 e. The first kappa shape index (κ1) is 16.3. The Hall–Kier alpha value is -2.52. The lowest BCUT2D eigenvalue weighted by Gasteiger charge is -2.10. The summed E-state index contributed by atoms with van der Waals surface area (Å²) in [7, 11) is -0.487. The van der Waals surface area contributed by atoms with Gasteiger partial charge in [-0.1, -0.05) is 11.3 Å². The van der Waals surface area contributed by atoms with Gasteiger partial charge in [0.1, 0.15) is 5.69 Å². The summed E-state index contributed by atoms with van der Waals surface area (Å²) in [6.45, 7) is 4.37. The Morgan fingerprint density at radius 3 is 2.88 bits per heavy atom. The third-order valence-corrected chi connectivity index (χ3v) is 5.39. The zero-order chi connectivity index (χ0) is 17.3. The number of aromatic amines is 1. The van der Waals surface area contributed by atoms with E-state index in [-0.39, 0.29) is 4.90 Å². The largest absolute Gasteiger partial charge is 0.336 e. The number of imidazole rings is 1. The van der Waals surface area contributed by atoms with E-state index in [1.54, 1.807) is 29.1 Å². The molecule has 24 heavy (non-hydrogen) atoms. The van der Waals surface area contributed by atoms with Crippen molar-refractivity contribution < 1.29 is 8.42 Å². The summed E-state index contributed by atoms with van der Waals surface area (Å²) in [5.41, 5.74) is 1.91. The highest BCUT2D eigenvalue weighted by molar-refractivity contribution is 7.89. The van der Waals surface area contributed by atoms with Gasteiger partial charge in [-0.25, -0.2) is 17.7 Å². The number of allylic oxidation sites excluding steroid dienone is 1. The molecule has 0 saturated carbocycles. The first-order valence-electron chi connectivity index (χ1n) is 7.35. The van der Waals surface area contributed by atoms with Crippen molar-refractivity contribution in [3.63, 3.8) is 0 Å². The van der Waals surface area contributed by atoms with Crippen LogP contribution in [0.3, 0.4) is 0 Å². The number of aromatic nitrogens is 5. The lowest BCUT2D eigenvalue weighted by molar-refractivity contribution is 0.521. The molecule has 0 atom stereocenters. The Morgan fingerprint density at radius 2 is 2.17 bits per heavy atom. The molecule has 3 rings (SSSR count). The van der Waals surface area contributed by atoms with Gasteiger partial charge in [-0.05, 0) is 24.6 Å². The highest BCUT2D eigenvalue weighted by Gasteiger charge is 2.18. The lowest BCUT2D eigenvalue weighted by atomic mass is 10.3. The Kier molecular flexibility index (Phi) is 4.20. The molecule has 0 fully saturated rings. The van der Waals surface area contributed by atoms with Gasteiger partial charge in [-0.15, -0.1) is 11.7 Å². The highest BCUT2D eigenvalue weighted by atomic mass is 32.2. The van der Waals surface area contributed by atoms with Crippen molar-refractivity contribution >= 4 is 21.1 Å². The maximum atomic E-state index is 12.2. The molecule has 1 N–H and O–H groups in total. The van der Waals surface area contributed by atoms with Gasteiger partial charge in [0.05, 0.1) is 22.1 Å². The van der Waals surface area contributed by atoms with Crippen molar-refractivity contribution in [2.75, 3.05) is 14.1 Å². The van der Waals surface area contributed by atoms with Gasteiger partial charge in [-0.3, -0.25) is 4.68 Å². The van der Waals surface area contributed by atoms with Gasteiger partial charge in [0.25, 0.3) is 0 Å². The fourth-order valence-electron chi connectivity index (χ4n) is 2.22. The second kappa shape index (κ2) is 6.17. The van der Waals surface area contributed by atoms with Crippen molar-refractivity contribution in [3.8, 4) is 11.5 Å². The summed E-state index contributed by atoms with van der Waals surface area (Å²) in [6, 6.07) is 4.79. The quantitative estimate of drug-likeness (QED) is 0.685. The number of rotatable bonds is 6. The lowest BCUT2D eigenvalue weighted by Crippen LogP contribution is -2.22. The molecule has 0 spiro atoms. The smallest absolute Gasteiger partial charge is 0.242 e. The van der Waals surface area contributed by atoms with Crippen LogP contribution in [0.2, 0.25) is 0 Å². The van der Waals surface area contributed by atoms with Crippen molar-refractivity contribution in [2.24, 2.45) is 0 Å². The number of sulfonamides is 1. The van der Waals surface area contributed by atoms with Gasteiger partial charge in [0.15, 0.2) is 5.82 Å². The normalized spacial score (nSPS) is 12.1. The molecule has 0 amide bonds. The molecule has 0 radical (unpaired) electrons. The van der Waals surface area contributed by atoms with Crippen molar-refractivity contribution in [2.45, 2.75) is 17.9 Å². The van der Waals surface area contributed by atoms with E-state index in [4.69, 9.17) is 0 Å². The number of hydrogen-bond donors (Lipinski definition) is 1. The fourth-order valence-corrected chi connectivity index (χ4v) is 3.15. The van der Waals surface area contributed by atoms with E-state index in [9.17, 15) is 8.42 Å². The van der Waals surface area contributed by atoms with Crippen molar-refractivity contribution in [3.05, 3.63) is 37.1 Å². The molecule has 0 aliphatic rings. The maximum absolute atomic E-state index is 12.2. The average Bonchev–Trinajstić information content (AvgIpc) is 3.18. The Balaban J connectivity index is 1.97. The molecule has 126 valence electrons. The van der Waals surface area contributed by atoms with Gasteiger partial charge in [0, 0.05) is 20.6 Å². The number of aryl methyl sites for hydroxylation is 1. The van der Waals surface area contributed by atoms with Crippen LogP contribution in [-0.2, 0) is 16.6 Å². The minimum absolute atomic E-state index is 0.213. The molecule has 1 aromatic carbocycles. The molecule has 8 nitrogen and oxygen atoms in total. The summed E-state index contributed by atoms with van der Waals surface area (Å²) in [4.78, 5) is 7.76. The second-order valence-corrected chi connectivity index (χ2v) is 7.65. The van der Waals surface area contributed by atoms with Crippen LogP contribution < -0.4 is 0 Å². The van der Waals surface area contributed by atoms with Crippen LogP contribution in [0.15, 0.2) is 41.9 Å². The molecule has 0 bridgehead atoms. The van der Waals surface area contributed by atoms with E-state index in [2.05, 4.69) is 26.9 Å². The van der Waals surface area contributed by atoms with Crippen LogP contribution >= 0.6 is 0 Å². The third kappa shape index (κ3) is 2.95. The SMILES string of the molecule is C=CCCn1cc(-c2nc3ccc(S(=O)(=O)N(C)C)cc3[nH]2)nn1. The minimum atomic E-state index is -3.49. The molecule has 0 saturated heterocycles. The molecular formula is C15H18N6O2S. The third-order valence-electron chi connectivity index (χ3n) is 3.58. The summed E-state index contributed by atoms with van der Waals surface area (Å²) in [5, 5.41) is 8.13. The summed E-state index contributed by atoms with van der Waals surface area (Å²) in [6.07, 6.45) is 4.41. The number of fused-ring (bicyclic) bond motifs is 1. The van der Waals surface area contributed by atoms with Crippen LogP contribution in [0.5, 0.6) is 0 Å². The van der Waals surface area contributed by atoms with E-state index < -0.39 is 10.0 Å². The summed E-state index contributed by atoms with van der Waals surface area (Å²) >= 11 is 0. The molecule has 9 heteroatoms. The molecule has 3 aromatic rings. The van der Waals surface area contributed by atoms with Gasteiger partial charge in [0.2, 0.25) is 10.0 Å². The topological polar surface area (TPSA) is 96.8 Å². The average molecular weight is 346 g/mol. The molecule has 0 aliphatic heterocycles. The monoisotopic (exact) mass is 346 g/mol. The zero-order valence-corrected chi connectivity index (χ0v) is 14.3. The Labute approximate surface area is 139 Å². The van der Waals surface area contributed by atoms with E-state index in [1.807, 2.05) is 6.08 Å². The number of nitrogens with zero attached hydrogens (tertiary/aromatic N) is 5. The molecule has 2 heterocycles. The zero-order valence-electron chi connectivity index (χ0n) is 13.5. The number of H-pyrrole nitrogens is 1. The fraction of sp³-hybridized carbons (Fsp3) is 0.267. The first-order valence-corrected chi connectivity index (χ1v) is 8.79. The van der Waals surface area contributed by atoms with Crippen LogP contribution in [0.1, 0.15) is 6.42 Å². The maximum Gasteiger partial charge on any atom is 0.242 e. The summed E-state index contributed by atoms with van der Waals surface area (Å²) < 4.78 is 27.3. The molecule has 0 aliphatic carbocycles. The number of hydrogen-bond acceptors (Lipinski definition) is 5. The van der Waals surface area contributed by atoms with Crippen LogP contribution in [-0.4, -0.2) is 51.8 Å². The predicted octanol–water partition coefficient (Wildman–Crippen LogP) is 1.65. The first-order chi connectivity index (χ1) is 11.4. The van der Waals surface area contributed by atoms with Crippen LogP contribution in [0.25, 0.3) is 22.6 Å². The van der Waals surface area contributed by atoms with Crippen LogP contribution in [0.4, 0.5) is 0 Å². The molecular weight excluding hydrogens is 328 g/mol. The van der Waals surface area contributed by atoms with E-state index in [0.29, 0.717) is 29.1 Å². The Bertz CT molecular complexity index is 986. The summed E-state index contributed by atoms with van der Waals surface area (Å²) in [5.74, 6) is 0.550. The number of benzene rings is 1. The van der Waals surface area contributed by atoms with Crippen molar-refractivity contribution in [1.82, 2.24) is 29.3 Å².